The molecule has 1 saturated carbocycles. The Hall–Kier alpha value is -1.22. The minimum atomic E-state index is 0.316. The maximum atomic E-state index is 5.68. The minimum Gasteiger partial charge on any atom is -0.486 e. The average molecular weight is 261 g/mol. The highest BCUT2D eigenvalue weighted by Gasteiger charge is 2.50. The van der Waals surface area contributed by atoms with Crippen LogP contribution in [-0.2, 0) is 5.41 Å². The molecule has 1 heterocycles. The van der Waals surface area contributed by atoms with Gasteiger partial charge in [0.1, 0.15) is 13.2 Å². The fourth-order valence-corrected chi connectivity index (χ4v) is 2.96. The van der Waals surface area contributed by atoms with E-state index in [9.17, 15) is 0 Å². The summed E-state index contributed by atoms with van der Waals surface area (Å²) in [5.74, 6) is 2.55. The van der Waals surface area contributed by atoms with Crippen molar-refractivity contribution in [2.75, 3.05) is 26.3 Å². The second kappa shape index (κ2) is 5.04. The molecule has 0 bridgehead atoms. The van der Waals surface area contributed by atoms with E-state index in [1.54, 1.807) is 0 Å². The van der Waals surface area contributed by atoms with Crippen molar-refractivity contribution in [3.05, 3.63) is 23.8 Å². The third-order valence-corrected chi connectivity index (χ3v) is 4.43. The van der Waals surface area contributed by atoms with E-state index in [0.717, 1.165) is 30.5 Å². The maximum Gasteiger partial charge on any atom is 0.161 e. The summed E-state index contributed by atoms with van der Waals surface area (Å²) < 4.78 is 11.3. The quantitative estimate of drug-likeness (QED) is 0.827. The largest absolute Gasteiger partial charge is 0.486 e. The standard InChI is InChI=1S/C16H23NO2/c1-3-6-17-11-13-10-16(13,2)12-4-5-14-15(9-12)19-8-7-18-14/h4-5,9,13,17H,3,6-8,10-11H2,1-2H3. The van der Waals surface area contributed by atoms with Gasteiger partial charge in [-0.3, -0.25) is 0 Å². The summed E-state index contributed by atoms with van der Waals surface area (Å²) in [5, 5.41) is 3.53. The van der Waals surface area contributed by atoms with E-state index in [4.69, 9.17) is 9.47 Å². The summed E-state index contributed by atoms with van der Waals surface area (Å²) >= 11 is 0. The van der Waals surface area contributed by atoms with Gasteiger partial charge in [0.15, 0.2) is 11.5 Å². The van der Waals surface area contributed by atoms with Crippen LogP contribution in [0.3, 0.4) is 0 Å². The van der Waals surface area contributed by atoms with Crippen LogP contribution < -0.4 is 14.8 Å². The van der Waals surface area contributed by atoms with Gasteiger partial charge in [-0.1, -0.05) is 19.9 Å². The predicted molar refractivity (Wildman–Crippen MR) is 76.1 cm³/mol. The Bertz CT molecular complexity index is 460. The number of hydrogen-bond acceptors (Lipinski definition) is 3. The van der Waals surface area contributed by atoms with Crippen LogP contribution in [0, 0.1) is 5.92 Å². The topological polar surface area (TPSA) is 30.5 Å². The summed E-state index contributed by atoms with van der Waals surface area (Å²) in [4.78, 5) is 0. The normalized spacial score (nSPS) is 28.2. The van der Waals surface area contributed by atoms with E-state index >= 15 is 0 Å². The smallest absolute Gasteiger partial charge is 0.161 e. The number of fused-ring (bicyclic) bond motifs is 1. The number of rotatable bonds is 5. The van der Waals surface area contributed by atoms with Crippen molar-refractivity contribution in [1.82, 2.24) is 5.32 Å². The van der Waals surface area contributed by atoms with E-state index in [-0.39, 0.29) is 0 Å². The zero-order valence-electron chi connectivity index (χ0n) is 11.9. The van der Waals surface area contributed by atoms with Crippen LogP contribution in [0.15, 0.2) is 18.2 Å². The van der Waals surface area contributed by atoms with E-state index in [2.05, 4.69) is 37.4 Å². The molecule has 1 aliphatic heterocycles. The van der Waals surface area contributed by atoms with Gasteiger partial charge < -0.3 is 14.8 Å². The Kier molecular flexibility index (Phi) is 3.40. The predicted octanol–water partition coefficient (Wildman–Crippen LogP) is 2.74. The van der Waals surface area contributed by atoms with Crippen LogP contribution in [-0.4, -0.2) is 26.3 Å². The highest BCUT2D eigenvalue weighted by molar-refractivity contribution is 5.47. The molecule has 19 heavy (non-hydrogen) atoms. The fourth-order valence-electron chi connectivity index (χ4n) is 2.96. The molecule has 0 radical (unpaired) electrons. The summed E-state index contributed by atoms with van der Waals surface area (Å²) in [5.41, 5.74) is 1.70. The van der Waals surface area contributed by atoms with Gasteiger partial charge in [0.2, 0.25) is 0 Å². The molecule has 3 nitrogen and oxygen atoms in total. The zero-order valence-corrected chi connectivity index (χ0v) is 11.9. The lowest BCUT2D eigenvalue weighted by Gasteiger charge is -2.21. The lowest BCUT2D eigenvalue weighted by Crippen LogP contribution is -2.21. The first-order valence-electron chi connectivity index (χ1n) is 7.35. The summed E-state index contributed by atoms with van der Waals surface area (Å²) in [7, 11) is 0. The average Bonchev–Trinajstić information content (AvgIpc) is 3.11. The second-order valence-electron chi connectivity index (χ2n) is 5.88. The summed E-state index contributed by atoms with van der Waals surface area (Å²) in [6.45, 7) is 8.13. The Labute approximate surface area is 115 Å². The van der Waals surface area contributed by atoms with Gasteiger partial charge in [0.25, 0.3) is 0 Å². The first-order chi connectivity index (χ1) is 9.24. The molecule has 2 aliphatic rings. The first kappa shape index (κ1) is 12.8. The lowest BCUT2D eigenvalue weighted by atomic mass is 9.95. The molecule has 1 N–H and O–H groups in total. The van der Waals surface area contributed by atoms with Gasteiger partial charge in [-0.2, -0.15) is 0 Å². The van der Waals surface area contributed by atoms with Crippen molar-refractivity contribution >= 4 is 0 Å². The fraction of sp³-hybridized carbons (Fsp3) is 0.625. The highest BCUT2D eigenvalue weighted by Crippen LogP contribution is 2.54. The van der Waals surface area contributed by atoms with Crippen molar-refractivity contribution in [3.8, 4) is 11.5 Å². The van der Waals surface area contributed by atoms with E-state index in [1.807, 2.05) is 0 Å². The Morgan fingerprint density at radius 3 is 2.84 bits per heavy atom. The van der Waals surface area contributed by atoms with Crippen molar-refractivity contribution in [2.45, 2.75) is 32.1 Å². The van der Waals surface area contributed by atoms with E-state index < -0.39 is 0 Å². The molecule has 1 aromatic carbocycles. The van der Waals surface area contributed by atoms with Crippen LogP contribution in [0.25, 0.3) is 0 Å². The van der Waals surface area contributed by atoms with E-state index in [0.29, 0.717) is 18.6 Å². The molecule has 3 rings (SSSR count). The molecule has 0 spiro atoms. The molecule has 1 aromatic rings. The number of nitrogens with one attached hydrogen (secondary N) is 1. The van der Waals surface area contributed by atoms with Gasteiger partial charge >= 0.3 is 0 Å². The third kappa shape index (κ3) is 2.44. The second-order valence-corrected chi connectivity index (χ2v) is 5.88. The lowest BCUT2D eigenvalue weighted by molar-refractivity contribution is 0.171. The number of ether oxygens (including phenoxy) is 2. The van der Waals surface area contributed by atoms with Gasteiger partial charge in [-0.15, -0.1) is 0 Å². The zero-order chi connectivity index (χ0) is 13.3. The van der Waals surface area contributed by atoms with Crippen molar-refractivity contribution in [1.29, 1.82) is 0 Å². The monoisotopic (exact) mass is 261 g/mol. The molecule has 3 heteroatoms. The number of benzene rings is 1. The molecule has 0 aromatic heterocycles. The molecule has 0 saturated heterocycles. The van der Waals surface area contributed by atoms with Gasteiger partial charge in [0.05, 0.1) is 0 Å². The molecule has 2 atom stereocenters. The van der Waals surface area contributed by atoms with E-state index in [1.165, 1.54) is 18.4 Å². The molecule has 1 fully saturated rings. The Balaban J connectivity index is 1.69. The van der Waals surface area contributed by atoms with Gasteiger partial charge in [-0.25, -0.2) is 0 Å². The Morgan fingerprint density at radius 1 is 1.26 bits per heavy atom. The van der Waals surface area contributed by atoms with Crippen molar-refractivity contribution in [3.63, 3.8) is 0 Å². The molecule has 104 valence electrons. The molecule has 2 unspecified atom stereocenters. The highest BCUT2D eigenvalue weighted by atomic mass is 16.6. The third-order valence-electron chi connectivity index (χ3n) is 4.43. The van der Waals surface area contributed by atoms with Gasteiger partial charge in [-0.05, 0) is 55.0 Å². The van der Waals surface area contributed by atoms with Crippen molar-refractivity contribution < 1.29 is 9.47 Å². The van der Waals surface area contributed by atoms with Crippen LogP contribution in [0.1, 0.15) is 32.3 Å². The van der Waals surface area contributed by atoms with Crippen molar-refractivity contribution in [2.24, 2.45) is 5.92 Å². The number of hydrogen-bond donors (Lipinski definition) is 1. The SMILES string of the molecule is CCCNCC1CC1(C)c1ccc2c(c1)OCCO2. The van der Waals surface area contributed by atoms with Crippen LogP contribution in [0.4, 0.5) is 0 Å². The molecule has 1 aliphatic carbocycles. The van der Waals surface area contributed by atoms with Crippen LogP contribution in [0.5, 0.6) is 11.5 Å². The van der Waals surface area contributed by atoms with Crippen LogP contribution >= 0.6 is 0 Å². The van der Waals surface area contributed by atoms with Gasteiger partial charge in [0, 0.05) is 0 Å². The van der Waals surface area contributed by atoms with Crippen LogP contribution in [0.2, 0.25) is 0 Å². The Morgan fingerprint density at radius 2 is 2.05 bits per heavy atom. The molecule has 0 amide bonds. The minimum absolute atomic E-state index is 0.316. The first-order valence-corrected chi connectivity index (χ1v) is 7.35. The summed E-state index contributed by atoms with van der Waals surface area (Å²) in [6, 6.07) is 6.44. The molecular formula is C16H23NO2. The maximum absolute atomic E-state index is 5.68. The summed E-state index contributed by atoms with van der Waals surface area (Å²) in [6.07, 6.45) is 2.47. The molecular weight excluding hydrogens is 238 g/mol.